The zero-order valence-corrected chi connectivity index (χ0v) is 17.8. The Bertz CT molecular complexity index is 630. The summed E-state index contributed by atoms with van der Waals surface area (Å²) in [6.45, 7) is 6.88. The normalized spacial score (nSPS) is 16.2. The number of carbonyl (C=O) groups excluding carboxylic acids is 1. The smallest absolute Gasteiger partial charge is 0.305 e. The molecule has 0 amide bonds. The number of nitrogens with zero attached hydrogens (tertiary/aromatic N) is 2. The van der Waals surface area contributed by atoms with E-state index in [0.29, 0.717) is 32.5 Å². The SMILES string of the molecule is CCOC(=O)CCCNC(=NC)NCC(c1ccc(OC)cc1)N1CCOCC1. The first-order valence-electron chi connectivity index (χ1n) is 10.2. The van der Waals surface area contributed by atoms with Crippen LogP contribution in [0, 0.1) is 0 Å². The summed E-state index contributed by atoms with van der Waals surface area (Å²) in [4.78, 5) is 18.1. The van der Waals surface area contributed by atoms with Crippen molar-refractivity contribution in [2.75, 3.05) is 60.2 Å². The van der Waals surface area contributed by atoms with Crippen LogP contribution in [0.1, 0.15) is 31.4 Å². The number of guanidine groups is 1. The summed E-state index contributed by atoms with van der Waals surface area (Å²) in [5.41, 5.74) is 1.22. The first-order chi connectivity index (χ1) is 14.2. The first kappa shape index (κ1) is 23.0. The number of rotatable bonds is 10. The van der Waals surface area contributed by atoms with Crippen LogP contribution in [-0.2, 0) is 14.3 Å². The summed E-state index contributed by atoms with van der Waals surface area (Å²) in [6.07, 6.45) is 1.10. The highest BCUT2D eigenvalue weighted by Crippen LogP contribution is 2.23. The Morgan fingerprint density at radius 1 is 1.24 bits per heavy atom. The lowest BCUT2D eigenvalue weighted by molar-refractivity contribution is -0.143. The van der Waals surface area contributed by atoms with Crippen LogP contribution < -0.4 is 15.4 Å². The maximum atomic E-state index is 11.4. The lowest BCUT2D eigenvalue weighted by Gasteiger charge is -2.35. The number of hydrogen-bond donors (Lipinski definition) is 2. The molecule has 0 radical (unpaired) electrons. The van der Waals surface area contributed by atoms with E-state index in [9.17, 15) is 4.79 Å². The Labute approximate surface area is 173 Å². The van der Waals surface area contributed by atoms with Crippen LogP contribution in [0.4, 0.5) is 0 Å². The van der Waals surface area contributed by atoms with Gasteiger partial charge in [-0.25, -0.2) is 0 Å². The molecule has 1 aliphatic heterocycles. The minimum absolute atomic E-state index is 0.163. The van der Waals surface area contributed by atoms with Gasteiger partial charge in [0.05, 0.1) is 33.0 Å². The number of hydrogen-bond acceptors (Lipinski definition) is 6. The van der Waals surface area contributed by atoms with E-state index < -0.39 is 0 Å². The molecule has 1 heterocycles. The third-order valence-corrected chi connectivity index (χ3v) is 4.83. The molecule has 8 nitrogen and oxygen atoms in total. The molecule has 1 fully saturated rings. The molecule has 0 spiro atoms. The van der Waals surface area contributed by atoms with Crippen LogP contribution in [-0.4, -0.2) is 77.0 Å². The Kier molecular flexibility index (Phi) is 10.3. The molecule has 8 heteroatoms. The van der Waals surface area contributed by atoms with Crippen molar-refractivity contribution in [2.45, 2.75) is 25.8 Å². The van der Waals surface area contributed by atoms with Crippen molar-refractivity contribution in [1.82, 2.24) is 15.5 Å². The van der Waals surface area contributed by atoms with Crippen LogP contribution >= 0.6 is 0 Å². The van der Waals surface area contributed by atoms with Crippen molar-refractivity contribution >= 4 is 11.9 Å². The van der Waals surface area contributed by atoms with Crippen LogP contribution in [0.5, 0.6) is 5.75 Å². The number of carbonyl (C=O) groups is 1. The summed E-state index contributed by atoms with van der Waals surface area (Å²) in [5, 5.41) is 6.68. The average Bonchev–Trinajstić information content (AvgIpc) is 2.76. The third-order valence-electron chi connectivity index (χ3n) is 4.83. The van der Waals surface area contributed by atoms with E-state index in [4.69, 9.17) is 14.2 Å². The molecular formula is C21H34N4O4. The molecule has 1 atom stereocenters. The molecule has 162 valence electrons. The predicted molar refractivity (Wildman–Crippen MR) is 113 cm³/mol. The zero-order chi connectivity index (χ0) is 20.9. The van der Waals surface area contributed by atoms with Gasteiger partial charge in [-0.2, -0.15) is 0 Å². The maximum Gasteiger partial charge on any atom is 0.305 e. The molecule has 1 aromatic rings. The quantitative estimate of drug-likeness (QED) is 0.264. The molecule has 29 heavy (non-hydrogen) atoms. The number of methoxy groups -OCH3 is 1. The molecule has 1 saturated heterocycles. The van der Waals surface area contributed by atoms with E-state index >= 15 is 0 Å². The van der Waals surface area contributed by atoms with Gasteiger partial charge >= 0.3 is 5.97 Å². The Balaban J connectivity index is 1.90. The van der Waals surface area contributed by atoms with Crippen LogP contribution in [0.3, 0.4) is 0 Å². The molecule has 0 aliphatic carbocycles. The molecule has 0 aromatic heterocycles. The highest BCUT2D eigenvalue weighted by atomic mass is 16.5. The Morgan fingerprint density at radius 3 is 2.59 bits per heavy atom. The molecule has 0 saturated carbocycles. The Morgan fingerprint density at radius 2 is 1.97 bits per heavy atom. The van der Waals surface area contributed by atoms with Gasteiger partial charge in [0.1, 0.15) is 5.75 Å². The summed E-state index contributed by atoms with van der Waals surface area (Å²) < 4.78 is 15.8. The topological polar surface area (TPSA) is 84.4 Å². The van der Waals surface area contributed by atoms with E-state index in [0.717, 1.165) is 38.0 Å². The monoisotopic (exact) mass is 406 g/mol. The second kappa shape index (κ2) is 13.0. The second-order valence-corrected chi connectivity index (χ2v) is 6.73. The molecule has 0 bridgehead atoms. The van der Waals surface area contributed by atoms with Crippen molar-refractivity contribution in [2.24, 2.45) is 4.99 Å². The van der Waals surface area contributed by atoms with Crippen molar-refractivity contribution in [3.05, 3.63) is 29.8 Å². The number of aliphatic imine (C=N–C) groups is 1. The lowest BCUT2D eigenvalue weighted by Crippen LogP contribution is -2.46. The second-order valence-electron chi connectivity index (χ2n) is 6.73. The Hall–Kier alpha value is -2.32. The molecule has 1 unspecified atom stereocenters. The van der Waals surface area contributed by atoms with Gasteiger partial charge in [0.15, 0.2) is 5.96 Å². The largest absolute Gasteiger partial charge is 0.497 e. The van der Waals surface area contributed by atoms with Gasteiger partial charge in [-0.1, -0.05) is 12.1 Å². The number of benzene rings is 1. The number of morpholine rings is 1. The molecule has 1 aromatic carbocycles. The minimum atomic E-state index is -0.163. The van der Waals surface area contributed by atoms with Crippen LogP contribution in [0.2, 0.25) is 0 Å². The van der Waals surface area contributed by atoms with Gasteiger partial charge in [-0.05, 0) is 31.0 Å². The summed E-state index contributed by atoms with van der Waals surface area (Å²) in [5.74, 6) is 1.41. The highest BCUT2D eigenvalue weighted by molar-refractivity contribution is 5.79. The zero-order valence-electron chi connectivity index (χ0n) is 17.8. The van der Waals surface area contributed by atoms with Gasteiger partial charge in [0, 0.05) is 39.6 Å². The summed E-state index contributed by atoms with van der Waals surface area (Å²) in [7, 11) is 3.42. The minimum Gasteiger partial charge on any atom is -0.497 e. The molecular weight excluding hydrogens is 372 g/mol. The van der Waals surface area contributed by atoms with E-state index in [1.807, 2.05) is 19.1 Å². The van der Waals surface area contributed by atoms with E-state index in [1.54, 1.807) is 14.2 Å². The standard InChI is InChI=1S/C21H34N4O4/c1-4-29-20(26)6-5-11-23-21(22-2)24-16-19(25-12-14-28-15-13-25)17-7-9-18(27-3)10-8-17/h7-10,19H,4-6,11-16H2,1-3H3,(H2,22,23,24). The lowest BCUT2D eigenvalue weighted by atomic mass is 10.0. The first-order valence-corrected chi connectivity index (χ1v) is 10.2. The van der Waals surface area contributed by atoms with E-state index in [1.165, 1.54) is 5.56 Å². The van der Waals surface area contributed by atoms with Gasteiger partial charge in [0.25, 0.3) is 0 Å². The fourth-order valence-corrected chi connectivity index (χ4v) is 3.26. The van der Waals surface area contributed by atoms with Crippen molar-refractivity contribution in [3.8, 4) is 5.75 Å². The van der Waals surface area contributed by atoms with Crippen molar-refractivity contribution in [3.63, 3.8) is 0 Å². The van der Waals surface area contributed by atoms with Gasteiger partial charge in [-0.15, -0.1) is 0 Å². The fraction of sp³-hybridized carbons (Fsp3) is 0.619. The van der Waals surface area contributed by atoms with Crippen molar-refractivity contribution in [1.29, 1.82) is 0 Å². The summed E-state index contributed by atoms with van der Waals surface area (Å²) >= 11 is 0. The summed E-state index contributed by atoms with van der Waals surface area (Å²) in [6, 6.07) is 8.39. The van der Waals surface area contributed by atoms with Crippen LogP contribution in [0.15, 0.2) is 29.3 Å². The van der Waals surface area contributed by atoms with E-state index in [-0.39, 0.29) is 12.0 Å². The average molecular weight is 407 g/mol. The van der Waals surface area contributed by atoms with Gasteiger partial charge in [-0.3, -0.25) is 14.7 Å². The number of nitrogens with one attached hydrogen (secondary N) is 2. The number of ether oxygens (including phenoxy) is 3. The molecule has 1 aliphatic rings. The fourth-order valence-electron chi connectivity index (χ4n) is 3.26. The maximum absolute atomic E-state index is 11.4. The van der Waals surface area contributed by atoms with Gasteiger partial charge < -0.3 is 24.8 Å². The molecule has 2 rings (SSSR count). The van der Waals surface area contributed by atoms with Crippen molar-refractivity contribution < 1.29 is 19.0 Å². The van der Waals surface area contributed by atoms with E-state index in [2.05, 4.69) is 32.7 Å². The highest BCUT2D eigenvalue weighted by Gasteiger charge is 2.23. The van der Waals surface area contributed by atoms with Gasteiger partial charge in [0.2, 0.25) is 0 Å². The van der Waals surface area contributed by atoms with Crippen LogP contribution in [0.25, 0.3) is 0 Å². The number of esters is 1. The predicted octanol–water partition coefficient (Wildman–Crippen LogP) is 1.58. The third kappa shape index (κ3) is 7.91. The molecule has 2 N–H and O–H groups in total.